The molecule has 0 radical (unpaired) electrons. The van der Waals surface area contributed by atoms with Crippen LogP contribution in [0.1, 0.15) is 43.5 Å². The van der Waals surface area contributed by atoms with Crippen LogP contribution >= 0.6 is 0 Å². The highest BCUT2D eigenvalue weighted by Gasteiger charge is 2.25. The van der Waals surface area contributed by atoms with Crippen molar-refractivity contribution < 1.29 is 9.59 Å². The second kappa shape index (κ2) is 5.87. The Morgan fingerprint density at radius 2 is 1.79 bits per heavy atom. The summed E-state index contributed by atoms with van der Waals surface area (Å²) >= 11 is 0. The number of rotatable bonds is 4. The van der Waals surface area contributed by atoms with Crippen molar-refractivity contribution in [1.29, 1.82) is 0 Å². The average Bonchev–Trinajstić information content (AvgIpc) is 2.26. The number of carbonyl (C=O) groups excluding carboxylic acids is 2. The SMILES string of the molecule is CC(C)NC(=O)c1ccc(NC(=O)C2CCC2)cc1. The molecular weight excluding hydrogens is 240 g/mol. The molecule has 0 saturated heterocycles. The van der Waals surface area contributed by atoms with Gasteiger partial charge in [-0.3, -0.25) is 9.59 Å². The van der Waals surface area contributed by atoms with Crippen molar-refractivity contribution >= 4 is 17.5 Å². The van der Waals surface area contributed by atoms with Gasteiger partial charge >= 0.3 is 0 Å². The fraction of sp³-hybridized carbons (Fsp3) is 0.467. The van der Waals surface area contributed by atoms with E-state index in [1.807, 2.05) is 13.8 Å². The first-order chi connectivity index (χ1) is 9.06. The molecule has 102 valence electrons. The van der Waals surface area contributed by atoms with Gasteiger partial charge in [0.25, 0.3) is 5.91 Å². The lowest BCUT2D eigenvalue weighted by atomic mass is 9.85. The molecule has 1 aromatic carbocycles. The number of anilines is 1. The Bertz CT molecular complexity index is 462. The monoisotopic (exact) mass is 260 g/mol. The molecule has 0 atom stereocenters. The van der Waals surface area contributed by atoms with Gasteiger partial charge in [0.1, 0.15) is 0 Å². The molecule has 19 heavy (non-hydrogen) atoms. The van der Waals surface area contributed by atoms with Crippen LogP contribution in [0.2, 0.25) is 0 Å². The van der Waals surface area contributed by atoms with Crippen molar-refractivity contribution in [2.45, 2.75) is 39.2 Å². The van der Waals surface area contributed by atoms with Crippen molar-refractivity contribution in [3.8, 4) is 0 Å². The van der Waals surface area contributed by atoms with Gasteiger partial charge < -0.3 is 10.6 Å². The van der Waals surface area contributed by atoms with E-state index in [-0.39, 0.29) is 23.8 Å². The molecule has 1 aliphatic carbocycles. The summed E-state index contributed by atoms with van der Waals surface area (Å²) in [6, 6.07) is 7.12. The van der Waals surface area contributed by atoms with E-state index in [1.54, 1.807) is 24.3 Å². The van der Waals surface area contributed by atoms with Crippen LogP contribution in [-0.4, -0.2) is 17.9 Å². The van der Waals surface area contributed by atoms with E-state index < -0.39 is 0 Å². The number of hydrogen-bond donors (Lipinski definition) is 2. The molecule has 0 aliphatic heterocycles. The molecule has 1 aliphatic rings. The topological polar surface area (TPSA) is 58.2 Å². The Hall–Kier alpha value is -1.84. The van der Waals surface area contributed by atoms with Crippen molar-refractivity contribution in [2.75, 3.05) is 5.32 Å². The van der Waals surface area contributed by atoms with Crippen LogP contribution in [0, 0.1) is 5.92 Å². The minimum absolute atomic E-state index is 0.0885. The van der Waals surface area contributed by atoms with Gasteiger partial charge in [0.05, 0.1) is 0 Å². The van der Waals surface area contributed by atoms with Gasteiger partial charge in [0, 0.05) is 23.2 Å². The largest absolute Gasteiger partial charge is 0.350 e. The summed E-state index contributed by atoms with van der Waals surface area (Å²) in [5.41, 5.74) is 1.35. The predicted octanol–water partition coefficient (Wildman–Crippen LogP) is 2.56. The maximum absolute atomic E-state index is 11.8. The lowest BCUT2D eigenvalue weighted by Crippen LogP contribution is -2.30. The van der Waals surface area contributed by atoms with Crippen molar-refractivity contribution in [1.82, 2.24) is 5.32 Å². The summed E-state index contributed by atoms with van der Waals surface area (Å²) in [6.07, 6.45) is 3.12. The lowest BCUT2D eigenvalue weighted by molar-refractivity contribution is -0.122. The van der Waals surface area contributed by atoms with Gasteiger partial charge in [-0.15, -0.1) is 0 Å². The van der Waals surface area contributed by atoms with E-state index in [0.717, 1.165) is 24.9 Å². The van der Waals surface area contributed by atoms with E-state index in [4.69, 9.17) is 0 Å². The van der Waals surface area contributed by atoms with E-state index in [0.29, 0.717) is 5.56 Å². The first-order valence-electron chi connectivity index (χ1n) is 6.78. The second-order valence-electron chi connectivity index (χ2n) is 5.32. The Morgan fingerprint density at radius 3 is 2.26 bits per heavy atom. The van der Waals surface area contributed by atoms with Gasteiger partial charge in [-0.25, -0.2) is 0 Å². The third-order valence-electron chi connectivity index (χ3n) is 3.31. The zero-order valence-corrected chi connectivity index (χ0v) is 11.4. The van der Waals surface area contributed by atoms with Crippen LogP contribution in [0.15, 0.2) is 24.3 Å². The summed E-state index contributed by atoms with van der Waals surface area (Å²) in [6.45, 7) is 3.84. The Kier molecular flexibility index (Phi) is 4.20. The van der Waals surface area contributed by atoms with Crippen LogP contribution in [0.25, 0.3) is 0 Å². The number of amides is 2. The van der Waals surface area contributed by atoms with Crippen LogP contribution in [0.3, 0.4) is 0 Å². The van der Waals surface area contributed by atoms with E-state index >= 15 is 0 Å². The van der Waals surface area contributed by atoms with Gasteiger partial charge in [0.2, 0.25) is 5.91 Å². The summed E-state index contributed by atoms with van der Waals surface area (Å²) in [4.78, 5) is 23.5. The third-order valence-corrected chi connectivity index (χ3v) is 3.31. The molecule has 0 bridgehead atoms. The van der Waals surface area contributed by atoms with E-state index in [2.05, 4.69) is 10.6 Å². The minimum atomic E-state index is -0.0909. The maximum atomic E-state index is 11.8. The highest BCUT2D eigenvalue weighted by Crippen LogP contribution is 2.27. The van der Waals surface area contributed by atoms with Crippen molar-refractivity contribution in [3.63, 3.8) is 0 Å². The standard InChI is InChI=1S/C15H20N2O2/c1-10(2)16-14(18)12-6-8-13(9-7-12)17-15(19)11-4-3-5-11/h6-11H,3-5H2,1-2H3,(H,16,18)(H,17,19). The van der Waals surface area contributed by atoms with Crippen molar-refractivity contribution in [3.05, 3.63) is 29.8 Å². The Labute approximate surface area is 113 Å². The highest BCUT2D eigenvalue weighted by atomic mass is 16.2. The van der Waals surface area contributed by atoms with E-state index in [9.17, 15) is 9.59 Å². The van der Waals surface area contributed by atoms with Gasteiger partial charge in [-0.2, -0.15) is 0 Å². The predicted molar refractivity (Wildman–Crippen MR) is 75.0 cm³/mol. The second-order valence-corrected chi connectivity index (χ2v) is 5.32. The molecule has 0 aromatic heterocycles. The van der Waals surface area contributed by atoms with Gasteiger partial charge in [0.15, 0.2) is 0 Å². The van der Waals surface area contributed by atoms with Gasteiger partial charge in [-0.05, 0) is 51.0 Å². The average molecular weight is 260 g/mol. The fourth-order valence-corrected chi connectivity index (χ4v) is 1.97. The molecule has 2 rings (SSSR count). The van der Waals surface area contributed by atoms with Gasteiger partial charge in [-0.1, -0.05) is 6.42 Å². The quantitative estimate of drug-likeness (QED) is 0.874. The minimum Gasteiger partial charge on any atom is -0.350 e. The smallest absolute Gasteiger partial charge is 0.251 e. The molecule has 1 saturated carbocycles. The molecule has 4 nitrogen and oxygen atoms in total. The maximum Gasteiger partial charge on any atom is 0.251 e. The number of hydrogen-bond acceptors (Lipinski definition) is 2. The molecule has 0 heterocycles. The Morgan fingerprint density at radius 1 is 1.16 bits per heavy atom. The molecule has 0 spiro atoms. The molecule has 1 fully saturated rings. The van der Waals surface area contributed by atoms with E-state index in [1.165, 1.54) is 0 Å². The Balaban J connectivity index is 1.94. The van der Waals surface area contributed by atoms with Crippen LogP contribution < -0.4 is 10.6 Å². The lowest BCUT2D eigenvalue weighted by Gasteiger charge is -2.24. The molecule has 2 N–H and O–H groups in total. The molecule has 2 amide bonds. The molecular formula is C15H20N2O2. The summed E-state index contributed by atoms with van der Waals surface area (Å²) < 4.78 is 0. The number of carbonyl (C=O) groups is 2. The first kappa shape index (κ1) is 13.6. The summed E-state index contributed by atoms with van der Waals surface area (Å²) in [5, 5.41) is 5.71. The third kappa shape index (κ3) is 3.56. The fourth-order valence-electron chi connectivity index (χ4n) is 1.97. The number of nitrogens with one attached hydrogen (secondary N) is 2. The molecule has 4 heteroatoms. The summed E-state index contributed by atoms with van der Waals surface area (Å²) in [7, 11) is 0. The first-order valence-corrected chi connectivity index (χ1v) is 6.78. The number of benzene rings is 1. The molecule has 0 unspecified atom stereocenters. The van der Waals surface area contributed by atoms with Crippen LogP contribution in [0.5, 0.6) is 0 Å². The van der Waals surface area contributed by atoms with Crippen molar-refractivity contribution in [2.24, 2.45) is 5.92 Å². The van der Waals surface area contributed by atoms with Crippen LogP contribution in [0.4, 0.5) is 5.69 Å². The molecule has 1 aromatic rings. The zero-order valence-electron chi connectivity index (χ0n) is 11.4. The highest BCUT2D eigenvalue weighted by molar-refractivity contribution is 5.96. The zero-order chi connectivity index (χ0) is 13.8. The van der Waals surface area contributed by atoms with Crippen LogP contribution in [-0.2, 0) is 4.79 Å². The normalized spacial score (nSPS) is 14.9. The summed E-state index contributed by atoms with van der Waals surface area (Å²) in [5.74, 6) is 0.168.